The average molecular weight is 332 g/mol. The molecule has 0 aliphatic heterocycles. The third-order valence-corrected chi connectivity index (χ3v) is 3.23. The molecule has 0 atom stereocenters. The molecule has 17 heavy (non-hydrogen) atoms. The number of rotatable bonds is 2. The van der Waals surface area contributed by atoms with E-state index in [4.69, 9.17) is 11.6 Å². The number of carbonyl (C=O) groups excluding carboxylic acids is 1. The molecule has 0 aliphatic carbocycles. The molecule has 1 rings (SSSR count). The highest BCUT2D eigenvalue weighted by Crippen LogP contribution is 2.39. The molecule has 0 saturated heterocycles. The van der Waals surface area contributed by atoms with Gasteiger partial charge in [-0.25, -0.2) is 4.79 Å². The second kappa shape index (κ2) is 5.27. The van der Waals surface area contributed by atoms with E-state index in [0.717, 1.165) is 6.07 Å². The van der Waals surface area contributed by atoms with Gasteiger partial charge in [0.1, 0.15) is 0 Å². The Labute approximate surface area is 109 Å². The fourth-order valence-corrected chi connectivity index (χ4v) is 1.80. The summed E-state index contributed by atoms with van der Waals surface area (Å²) in [6, 6.07) is 1.83. The van der Waals surface area contributed by atoms with Crippen LogP contribution < -0.4 is 0 Å². The van der Waals surface area contributed by atoms with E-state index >= 15 is 0 Å². The average Bonchev–Trinajstić information content (AvgIpc) is 2.20. The van der Waals surface area contributed by atoms with Crippen LogP contribution in [0.3, 0.4) is 0 Å². The molecule has 0 amide bonds. The molecule has 94 valence electrons. The zero-order chi connectivity index (χ0) is 13.2. The Hall–Kier alpha value is -0.750. The van der Waals surface area contributed by atoms with Crippen molar-refractivity contribution in [3.05, 3.63) is 32.8 Å². The molecule has 0 N–H and O–H groups in total. The summed E-state index contributed by atoms with van der Waals surface area (Å²) in [6.07, 6.45) is -4.59. The van der Waals surface area contributed by atoms with Gasteiger partial charge in [0, 0.05) is 4.47 Å². The number of halogens is 5. The highest BCUT2D eigenvalue weighted by Gasteiger charge is 2.35. The van der Waals surface area contributed by atoms with Crippen LogP contribution in [0.4, 0.5) is 13.2 Å². The van der Waals surface area contributed by atoms with E-state index in [2.05, 4.69) is 20.7 Å². The van der Waals surface area contributed by atoms with Gasteiger partial charge in [0.15, 0.2) is 0 Å². The van der Waals surface area contributed by atoms with Crippen molar-refractivity contribution in [2.24, 2.45) is 0 Å². The molecule has 0 radical (unpaired) electrons. The summed E-state index contributed by atoms with van der Waals surface area (Å²) >= 11 is 8.35. The van der Waals surface area contributed by atoms with Gasteiger partial charge in [-0.1, -0.05) is 11.6 Å². The van der Waals surface area contributed by atoms with Gasteiger partial charge < -0.3 is 4.74 Å². The van der Waals surface area contributed by atoms with E-state index in [1.54, 1.807) is 6.92 Å². The van der Waals surface area contributed by atoms with Gasteiger partial charge in [-0.15, -0.1) is 0 Å². The minimum Gasteiger partial charge on any atom is -0.462 e. The maximum atomic E-state index is 12.6. The van der Waals surface area contributed by atoms with Crippen LogP contribution in [0.25, 0.3) is 0 Å². The molecular formula is C10H7BrClF3O2. The number of carbonyl (C=O) groups is 1. The summed E-state index contributed by atoms with van der Waals surface area (Å²) < 4.78 is 42.2. The third-order valence-electron chi connectivity index (χ3n) is 1.84. The fourth-order valence-electron chi connectivity index (χ4n) is 1.13. The first-order valence-electron chi connectivity index (χ1n) is 4.50. The van der Waals surface area contributed by atoms with Crippen molar-refractivity contribution in [1.29, 1.82) is 0 Å². The summed E-state index contributed by atoms with van der Waals surface area (Å²) in [4.78, 5) is 11.3. The van der Waals surface area contributed by atoms with E-state index < -0.39 is 17.7 Å². The van der Waals surface area contributed by atoms with Crippen LogP contribution in [0.2, 0.25) is 5.02 Å². The second-order valence-corrected chi connectivity index (χ2v) is 4.24. The summed E-state index contributed by atoms with van der Waals surface area (Å²) in [7, 11) is 0. The Kier molecular flexibility index (Phi) is 4.43. The maximum Gasteiger partial charge on any atom is 0.417 e. The predicted molar refractivity (Wildman–Crippen MR) is 60.1 cm³/mol. The van der Waals surface area contributed by atoms with Crippen molar-refractivity contribution in [3.8, 4) is 0 Å². The first-order chi connectivity index (χ1) is 7.77. The molecule has 0 heterocycles. The summed E-state index contributed by atoms with van der Waals surface area (Å²) in [6.45, 7) is 1.64. The Bertz CT molecular complexity index is 446. The number of hydrogen-bond donors (Lipinski definition) is 0. The van der Waals surface area contributed by atoms with Crippen LogP contribution >= 0.6 is 27.5 Å². The second-order valence-electron chi connectivity index (χ2n) is 3.04. The monoisotopic (exact) mass is 330 g/mol. The molecule has 0 unspecified atom stereocenters. The molecule has 0 aromatic heterocycles. The van der Waals surface area contributed by atoms with Crippen molar-refractivity contribution < 1.29 is 22.7 Å². The highest BCUT2D eigenvalue weighted by atomic mass is 79.9. The van der Waals surface area contributed by atoms with Crippen LogP contribution in [-0.2, 0) is 10.9 Å². The molecule has 7 heteroatoms. The first-order valence-corrected chi connectivity index (χ1v) is 5.67. The van der Waals surface area contributed by atoms with E-state index in [1.807, 2.05) is 0 Å². The van der Waals surface area contributed by atoms with Crippen LogP contribution in [0.5, 0.6) is 0 Å². The standard InChI is InChI=1S/C10H7BrClF3O2/c1-2-17-9(16)5-3-6(10(13,14)15)8(11)7(12)4-5/h3-4H,2H2,1H3. The van der Waals surface area contributed by atoms with Crippen molar-refractivity contribution in [2.45, 2.75) is 13.1 Å². The molecule has 0 spiro atoms. The molecule has 0 saturated carbocycles. The Morgan fingerprint density at radius 2 is 2.06 bits per heavy atom. The van der Waals surface area contributed by atoms with Crippen LogP contribution in [-0.4, -0.2) is 12.6 Å². The summed E-state index contributed by atoms with van der Waals surface area (Å²) in [5.74, 6) is -0.840. The van der Waals surface area contributed by atoms with Gasteiger partial charge in [-0.2, -0.15) is 13.2 Å². The van der Waals surface area contributed by atoms with Gasteiger partial charge in [-0.05, 0) is 35.0 Å². The minimum atomic E-state index is -4.59. The quantitative estimate of drug-likeness (QED) is 0.755. The van der Waals surface area contributed by atoms with E-state index in [1.165, 1.54) is 0 Å². The van der Waals surface area contributed by atoms with Crippen LogP contribution in [0.15, 0.2) is 16.6 Å². The maximum absolute atomic E-state index is 12.6. The van der Waals surface area contributed by atoms with Gasteiger partial charge >= 0.3 is 12.1 Å². The number of hydrogen-bond acceptors (Lipinski definition) is 2. The van der Waals surface area contributed by atoms with Gasteiger partial charge in [0.25, 0.3) is 0 Å². The molecule has 2 nitrogen and oxygen atoms in total. The fraction of sp³-hybridized carbons (Fsp3) is 0.300. The lowest BCUT2D eigenvalue weighted by atomic mass is 10.1. The van der Waals surface area contributed by atoms with Crippen molar-refractivity contribution in [3.63, 3.8) is 0 Å². The zero-order valence-corrected chi connectivity index (χ0v) is 10.9. The van der Waals surface area contributed by atoms with Crippen molar-refractivity contribution >= 4 is 33.5 Å². The van der Waals surface area contributed by atoms with Gasteiger partial charge in [0.05, 0.1) is 22.8 Å². The SMILES string of the molecule is CCOC(=O)c1cc(Cl)c(Br)c(C(F)(F)F)c1. The Balaban J connectivity index is 3.29. The van der Waals surface area contributed by atoms with Gasteiger partial charge in [-0.3, -0.25) is 0 Å². The smallest absolute Gasteiger partial charge is 0.417 e. The largest absolute Gasteiger partial charge is 0.462 e. The number of alkyl halides is 3. The van der Waals surface area contributed by atoms with Crippen LogP contribution in [0.1, 0.15) is 22.8 Å². The zero-order valence-electron chi connectivity index (χ0n) is 8.57. The number of benzene rings is 1. The summed E-state index contributed by atoms with van der Waals surface area (Å²) in [5.41, 5.74) is -1.24. The third kappa shape index (κ3) is 3.35. The first kappa shape index (κ1) is 14.3. The van der Waals surface area contributed by atoms with E-state index in [0.29, 0.717) is 6.07 Å². The Morgan fingerprint density at radius 3 is 2.53 bits per heavy atom. The van der Waals surface area contributed by atoms with Crippen molar-refractivity contribution in [1.82, 2.24) is 0 Å². The molecule has 1 aromatic carbocycles. The highest BCUT2D eigenvalue weighted by molar-refractivity contribution is 9.10. The Morgan fingerprint density at radius 1 is 1.47 bits per heavy atom. The number of esters is 1. The molecule has 0 bridgehead atoms. The molecule has 0 aliphatic rings. The number of ether oxygens (including phenoxy) is 1. The topological polar surface area (TPSA) is 26.3 Å². The minimum absolute atomic E-state index is 0.0772. The lowest BCUT2D eigenvalue weighted by Crippen LogP contribution is -2.11. The van der Waals surface area contributed by atoms with E-state index in [9.17, 15) is 18.0 Å². The van der Waals surface area contributed by atoms with Crippen LogP contribution in [0, 0.1) is 0 Å². The lowest BCUT2D eigenvalue weighted by molar-refractivity contribution is -0.138. The molecule has 0 fully saturated rings. The summed E-state index contributed by atoms with van der Waals surface area (Å²) in [5, 5.41) is -0.192. The molecule has 1 aromatic rings. The van der Waals surface area contributed by atoms with E-state index in [-0.39, 0.29) is 21.7 Å². The lowest BCUT2D eigenvalue weighted by Gasteiger charge is -2.12. The predicted octanol–water partition coefficient (Wildman–Crippen LogP) is 4.30. The molecular weight excluding hydrogens is 324 g/mol. The van der Waals surface area contributed by atoms with Crippen molar-refractivity contribution in [2.75, 3.05) is 6.61 Å². The normalized spacial score (nSPS) is 11.4. The van der Waals surface area contributed by atoms with Gasteiger partial charge in [0.2, 0.25) is 0 Å².